The second kappa shape index (κ2) is 6.06. The van der Waals surface area contributed by atoms with Crippen molar-refractivity contribution in [1.82, 2.24) is 14.7 Å². The van der Waals surface area contributed by atoms with Crippen LogP contribution in [0.25, 0.3) is 0 Å². The number of amides is 1. The summed E-state index contributed by atoms with van der Waals surface area (Å²) < 4.78 is 29.0. The summed E-state index contributed by atoms with van der Waals surface area (Å²) in [5.74, 6) is -1.66. The van der Waals surface area contributed by atoms with Gasteiger partial charge in [0.15, 0.2) is 5.69 Å². The Morgan fingerprint density at radius 3 is 2.62 bits per heavy atom. The number of rotatable bonds is 4. The maximum atomic E-state index is 13.9. The zero-order valence-electron chi connectivity index (χ0n) is 13.8. The minimum Gasteiger partial charge on any atom is -0.335 e. The van der Waals surface area contributed by atoms with Crippen LogP contribution < -0.4 is 0 Å². The molecule has 1 fully saturated rings. The second-order valence-corrected chi connectivity index (χ2v) is 7.20. The van der Waals surface area contributed by atoms with Gasteiger partial charge < -0.3 is 4.90 Å². The van der Waals surface area contributed by atoms with E-state index in [0.29, 0.717) is 25.1 Å². The maximum Gasteiger partial charge on any atom is 0.274 e. The average Bonchev–Trinajstić information content (AvgIpc) is 3.32. The highest BCUT2D eigenvalue weighted by molar-refractivity contribution is 6.31. The Morgan fingerprint density at radius 2 is 2.00 bits per heavy atom. The van der Waals surface area contributed by atoms with E-state index in [4.69, 9.17) is 11.6 Å². The van der Waals surface area contributed by atoms with Gasteiger partial charge in [-0.05, 0) is 31.4 Å². The summed E-state index contributed by atoms with van der Waals surface area (Å²) in [6.07, 6.45) is 2.09. The van der Waals surface area contributed by atoms with E-state index in [1.807, 2.05) is 0 Å². The number of halogens is 3. The van der Waals surface area contributed by atoms with Gasteiger partial charge in [0.2, 0.25) is 0 Å². The molecule has 0 radical (unpaired) electrons. The third-order valence-electron chi connectivity index (χ3n) is 5.06. The van der Waals surface area contributed by atoms with Crippen molar-refractivity contribution in [2.75, 3.05) is 13.1 Å². The molecule has 1 aromatic heterocycles. The van der Waals surface area contributed by atoms with Gasteiger partial charge in [-0.2, -0.15) is 10.4 Å². The van der Waals surface area contributed by atoms with Crippen LogP contribution in [0.1, 0.15) is 34.5 Å². The molecule has 4 rings (SSSR count). The molecule has 8 heteroatoms. The van der Waals surface area contributed by atoms with E-state index < -0.39 is 17.0 Å². The Morgan fingerprint density at radius 1 is 1.31 bits per heavy atom. The lowest BCUT2D eigenvalue weighted by molar-refractivity contribution is 0.0711. The first kappa shape index (κ1) is 17.0. The van der Waals surface area contributed by atoms with Crippen molar-refractivity contribution in [3.8, 4) is 6.07 Å². The Balaban J connectivity index is 1.62. The summed E-state index contributed by atoms with van der Waals surface area (Å²) in [5, 5.41) is 13.7. The van der Waals surface area contributed by atoms with Gasteiger partial charge in [0.25, 0.3) is 5.91 Å². The number of benzene rings is 1. The summed E-state index contributed by atoms with van der Waals surface area (Å²) in [4.78, 5) is 14.3. The highest BCUT2D eigenvalue weighted by atomic mass is 35.5. The van der Waals surface area contributed by atoms with Crippen molar-refractivity contribution in [3.05, 3.63) is 51.8 Å². The van der Waals surface area contributed by atoms with Crippen LogP contribution in [0.4, 0.5) is 8.78 Å². The molecule has 1 aliphatic heterocycles. The standard InChI is InChI=1S/C18H15ClF2N4O/c19-16-11-4-7-24(10-18(9-22)5-6-18)17(26)15(11)23-25(16)8-12-13(20)2-1-3-14(12)21/h1-3H,4-8,10H2. The zero-order valence-corrected chi connectivity index (χ0v) is 14.6. The molecule has 2 aromatic rings. The van der Waals surface area contributed by atoms with Crippen molar-refractivity contribution in [2.45, 2.75) is 25.8 Å². The molecule has 1 saturated carbocycles. The molecule has 0 unspecified atom stereocenters. The molecule has 26 heavy (non-hydrogen) atoms. The smallest absolute Gasteiger partial charge is 0.274 e. The van der Waals surface area contributed by atoms with E-state index in [-0.39, 0.29) is 28.9 Å². The molecular formula is C18H15ClF2N4O. The molecule has 0 atom stereocenters. The molecule has 2 aliphatic rings. The fourth-order valence-corrected chi connectivity index (χ4v) is 3.56. The first-order valence-corrected chi connectivity index (χ1v) is 8.70. The SMILES string of the molecule is N#CC1(CN2CCc3c(nn(Cc4c(F)cccc4F)c3Cl)C2=O)CC1. The third-order valence-corrected chi connectivity index (χ3v) is 5.48. The molecule has 5 nitrogen and oxygen atoms in total. The lowest BCUT2D eigenvalue weighted by Crippen LogP contribution is -2.41. The average molecular weight is 377 g/mol. The van der Waals surface area contributed by atoms with Crippen molar-refractivity contribution in [1.29, 1.82) is 5.26 Å². The van der Waals surface area contributed by atoms with E-state index in [1.54, 1.807) is 4.90 Å². The van der Waals surface area contributed by atoms with E-state index in [0.717, 1.165) is 12.8 Å². The number of hydrogen-bond donors (Lipinski definition) is 0. The number of fused-ring (bicyclic) bond motifs is 1. The topological polar surface area (TPSA) is 61.9 Å². The summed E-state index contributed by atoms with van der Waals surface area (Å²) >= 11 is 6.32. The molecule has 0 bridgehead atoms. The third kappa shape index (κ3) is 2.74. The monoisotopic (exact) mass is 376 g/mol. The molecule has 1 amide bonds. The first-order chi connectivity index (χ1) is 12.4. The lowest BCUT2D eigenvalue weighted by atomic mass is 10.0. The number of nitrogens with zero attached hydrogens (tertiary/aromatic N) is 4. The molecule has 1 aromatic carbocycles. The molecule has 134 valence electrons. The number of nitriles is 1. The van der Waals surface area contributed by atoms with E-state index in [2.05, 4.69) is 11.2 Å². The van der Waals surface area contributed by atoms with Gasteiger partial charge >= 0.3 is 0 Å². The van der Waals surface area contributed by atoms with Gasteiger partial charge in [-0.15, -0.1) is 0 Å². The fourth-order valence-electron chi connectivity index (χ4n) is 3.28. The number of carbonyl (C=O) groups excluding carboxylic acids is 1. The van der Waals surface area contributed by atoms with Crippen molar-refractivity contribution in [2.24, 2.45) is 5.41 Å². The predicted octanol–water partition coefficient (Wildman–Crippen LogP) is 3.17. The fraction of sp³-hybridized carbons (Fsp3) is 0.389. The predicted molar refractivity (Wildman–Crippen MR) is 89.6 cm³/mol. The normalized spacial score (nSPS) is 17.8. The van der Waals surface area contributed by atoms with Gasteiger partial charge in [0.05, 0.1) is 18.0 Å². The van der Waals surface area contributed by atoms with Crippen LogP contribution in [-0.4, -0.2) is 33.7 Å². The lowest BCUT2D eigenvalue weighted by Gasteiger charge is -2.27. The van der Waals surface area contributed by atoms with Crippen molar-refractivity contribution >= 4 is 17.5 Å². The second-order valence-electron chi connectivity index (χ2n) is 6.84. The highest BCUT2D eigenvalue weighted by Gasteiger charge is 2.46. The van der Waals surface area contributed by atoms with Crippen molar-refractivity contribution < 1.29 is 13.6 Å². The molecular weight excluding hydrogens is 362 g/mol. The van der Waals surface area contributed by atoms with Gasteiger partial charge in [0.1, 0.15) is 16.8 Å². The first-order valence-electron chi connectivity index (χ1n) is 8.33. The van der Waals surface area contributed by atoms with Crippen LogP contribution in [-0.2, 0) is 13.0 Å². The van der Waals surface area contributed by atoms with Gasteiger partial charge in [-0.25, -0.2) is 13.5 Å². The highest BCUT2D eigenvalue weighted by Crippen LogP contribution is 2.46. The molecule has 0 saturated heterocycles. The van der Waals surface area contributed by atoms with Crippen LogP contribution >= 0.6 is 11.6 Å². The molecule has 2 heterocycles. The van der Waals surface area contributed by atoms with Crippen LogP contribution in [0.2, 0.25) is 5.15 Å². The maximum absolute atomic E-state index is 13.9. The van der Waals surface area contributed by atoms with E-state index in [9.17, 15) is 18.8 Å². The minimum absolute atomic E-state index is 0.153. The zero-order chi connectivity index (χ0) is 18.5. The van der Waals surface area contributed by atoms with Crippen LogP contribution in [0.3, 0.4) is 0 Å². The molecule has 0 N–H and O–H groups in total. The van der Waals surface area contributed by atoms with Crippen molar-refractivity contribution in [3.63, 3.8) is 0 Å². The largest absolute Gasteiger partial charge is 0.335 e. The van der Waals surface area contributed by atoms with Crippen LogP contribution in [0.15, 0.2) is 18.2 Å². The van der Waals surface area contributed by atoms with Crippen LogP contribution in [0.5, 0.6) is 0 Å². The minimum atomic E-state index is -0.688. The summed E-state index contributed by atoms with van der Waals surface area (Å²) in [7, 11) is 0. The summed E-state index contributed by atoms with van der Waals surface area (Å²) in [5.41, 5.74) is 0.202. The Hall–Kier alpha value is -2.46. The van der Waals surface area contributed by atoms with Gasteiger partial charge in [0, 0.05) is 24.2 Å². The summed E-state index contributed by atoms with van der Waals surface area (Å²) in [6.45, 7) is 0.642. The van der Waals surface area contributed by atoms with E-state index >= 15 is 0 Å². The summed E-state index contributed by atoms with van der Waals surface area (Å²) in [6, 6.07) is 5.90. The Kier molecular flexibility index (Phi) is 3.96. The Labute approximate surface area is 153 Å². The number of carbonyl (C=O) groups is 1. The quantitative estimate of drug-likeness (QED) is 0.823. The molecule has 1 aliphatic carbocycles. The molecule has 0 spiro atoms. The van der Waals surface area contributed by atoms with Crippen LogP contribution in [0, 0.1) is 28.4 Å². The number of hydrogen-bond acceptors (Lipinski definition) is 3. The van der Waals surface area contributed by atoms with E-state index in [1.165, 1.54) is 22.9 Å². The van der Waals surface area contributed by atoms with Gasteiger partial charge in [-0.1, -0.05) is 17.7 Å². The number of aromatic nitrogens is 2. The Bertz CT molecular complexity index is 925. The van der Waals surface area contributed by atoms with Gasteiger partial charge in [-0.3, -0.25) is 4.79 Å².